The van der Waals surface area contributed by atoms with Crippen molar-refractivity contribution in [2.24, 2.45) is 0 Å². The molecule has 0 aliphatic carbocycles. The zero-order chi connectivity index (χ0) is 20.6. The molecule has 2 aromatic carbocycles. The van der Waals surface area contributed by atoms with Crippen molar-refractivity contribution in [1.82, 2.24) is 0 Å². The van der Waals surface area contributed by atoms with E-state index in [1.165, 1.54) is 12.7 Å². The summed E-state index contributed by atoms with van der Waals surface area (Å²) in [6, 6.07) is 16.4. The van der Waals surface area contributed by atoms with E-state index in [0.717, 1.165) is 29.5 Å². The minimum Gasteiger partial charge on any atom is -0.471 e. The Hall–Kier alpha value is -1.97. The molecule has 152 valence electrons. The first-order chi connectivity index (χ1) is 13.6. The first-order valence-corrected chi connectivity index (χ1v) is 9.73. The maximum absolute atomic E-state index is 11.4. The van der Waals surface area contributed by atoms with Crippen molar-refractivity contribution in [2.45, 2.75) is 32.8 Å². The highest BCUT2D eigenvalue weighted by atomic mass is 127. The largest absolute Gasteiger partial charge is 0.471 e. The number of halogens is 1. The van der Waals surface area contributed by atoms with Crippen molar-refractivity contribution >= 4 is 35.4 Å². The van der Waals surface area contributed by atoms with Gasteiger partial charge in [0.15, 0.2) is 23.0 Å². The third kappa shape index (κ3) is 9.82. The molecule has 0 unspecified atom stereocenters. The predicted molar refractivity (Wildman–Crippen MR) is 114 cm³/mol. The minimum absolute atomic E-state index is 0.144. The van der Waals surface area contributed by atoms with Gasteiger partial charge in [-0.25, -0.2) is 4.89 Å². The Morgan fingerprint density at radius 3 is 2.00 bits per heavy atom. The molecule has 0 saturated heterocycles. The molecule has 6 nitrogen and oxygen atoms in total. The Labute approximate surface area is 179 Å². The summed E-state index contributed by atoms with van der Waals surface area (Å²) in [5.41, 5.74) is 4.48. The van der Waals surface area contributed by atoms with E-state index in [-0.39, 0.29) is 5.97 Å². The molecule has 0 saturated carbocycles. The molecule has 0 spiro atoms. The molecule has 0 atom stereocenters. The summed E-state index contributed by atoms with van der Waals surface area (Å²) in [6.07, 6.45) is 2.09. The Bertz CT molecular complexity index is 685. The van der Waals surface area contributed by atoms with Gasteiger partial charge in [0.25, 0.3) is 6.47 Å². The van der Waals surface area contributed by atoms with Gasteiger partial charge in [-0.2, -0.15) is 3.22 Å². The lowest BCUT2D eigenvalue weighted by atomic mass is 10.0. The first kappa shape index (κ1) is 24.1. The van der Waals surface area contributed by atoms with Gasteiger partial charge in [-0.15, -0.1) is 0 Å². The third-order valence-electron chi connectivity index (χ3n) is 3.71. The molecule has 0 aliphatic rings. The number of hydrogen-bond donors (Lipinski definition) is 0. The second-order valence-corrected chi connectivity index (χ2v) is 6.13. The number of ether oxygens (including phenoxy) is 2. The van der Waals surface area contributed by atoms with Crippen LogP contribution in [0.2, 0.25) is 0 Å². The molecule has 0 heterocycles. The van der Waals surface area contributed by atoms with Crippen LogP contribution in [0.15, 0.2) is 48.5 Å². The highest BCUT2D eigenvalue weighted by Gasteiger charge is 2.03. The van der Waals surface area contributed by atoms with Crippen molar-refractivity contribution in [1.29, 1.82) is 0 Å². The maximum atomic E-state index is 11.4. The molecule has 0 aromatic heterocycles. The lowest BCUT2D eigenvalue weighted by Gasteiger charge is -2.07. The van der Waals surface area contributed by atoms with Crippen molar-refractivity contribution in [3.05, 3.63) is 59.7 Å². The lowest BCUT2D eigenvalue weighted by molar-refractivity contribution is -0.164. The molecule has 0 N–H and O–H groups in total. The van der Waals surface area contributed by atoms with Gasteiger partial charge in [0.1, 0.15) is 6.61 Å². The molecule has 2 aromatic rings. The Morgan fingerprint density at radius 1 is 1.00 bits per heavy atom. The number of benzene rings is 2. The van der Waals surface area contributed by atoms with E-state index in [1.807, 2.05) is 31.2 Å². The fourth-order valence-corrected chi connectivity index (χ4v) is 2.47. The molecular formula is C21H25IO6. The van der Waals surface area contributed by atoms with Crippen molar-refractivity contribution in [3.8, 4) is 11.1 Å². The quantitative estimate of drug-likeness (QED) is 0.116. The van der Waals surface area contributed by atoms with Gasteiger partial charge in [0, 0.05) is 6.42 Å². The summed E-state index contributed by atoms with van der Waals surface area (Å²) in [5.74, 6) is -0.144. The molecule has 0 aliphatic heterocycles. The number of carbonyl (C=O) groups excluding carboxylic acids is 2. The van der Waals surface area contributed by atoms with E-state index >= 15 is 0 Å². The Morgan fingerprint density at radius 2 is 1.54 bits per heavy atom. The zero-order valence-corrected chi connectivity index (χ0v) is 18.2. The van der Waals surface area contributed by atoms with Crippen molar-refractivity contribution < 1.29 is 27.2 Å². The van der Waals surface area contributed by atoms with Crippen molar-refractivity contribution in [2.75, 3.05) is 13.7 Å². The highest BCUT2D eigenvalue weighted by Crippen LogP contribution is 2.21. The van der Waals surface area contributed by atoms with Gasteiger partial charge in [0.2, 0.25) is 0 Å². The van der Waals surface area contributed by atoms with E-state index in [1.54, 1.807) is 23.0 Å². The maximum Gasteiger partial charge on any atom is 0.306 e. The summed E-state index contributed by atoms with van der Waals surface area (Å²) in [4.78, 5) is 25.2. The molecule has 7 heteroatoms. The summed E-state index contributed by atoms with van der Waals surface area (Å²) in [7, 11) is 1.31. The van der Waals surface area contributed by atoms with Crippen molar-refractivity contribution in [3.63, 3.8) is 0 Å². The van der Waals surface area contributed by atoms with Crippen LogP contribution in [0.25, 0.3) is 11.1 Å². The van der Waals surface area contributed by atoms with Crippen LogP contribution in [-0.2, 0) is 40.2 Å². The molecule has 0 fully saturated rings. The monoisotopic (exact) mass is 500 g/mol. The summed E-state index contributed by atoms with van der Waals surface area (Å²) < 4.78 is 13.6. The van der Waals surface area contributed by atoms with Crippen LogP contribution in [0.4, 0.5) is 0 Å². The molecule has 0 amide bonds. The predicted octanol–water partition coefficient (Wildman–Crippen LogP) is 4.83. The van der Waals surface area contributed by atoms with Gasteiger partial charge in [-0.05, 0) is 35.1 Å². The third-order valence-corrected chi connectivity index (χ3v) is 3.96. The van der Waals surface area contributed by atoms with E-state index in [4.69, 9.17) is 14.4 Å². The molecule has 0 bridgehead atoms. The van der Waals surface area contributed by atoms with Crippen LogP contribution in [0.1, 0.15) is 30.9 Å². The van der Waals surface area contributed by atoms with Crippen LogP contribution in [0, 0.1) is 0 Å². The average molecular weight is 500 g/mol. The standard InChI is InChI=1S/C19H21IO4.C2H4O2/c1-2-3-19(21)22-14-16-6-10-18(11-7-16)17-8-4-15(5-9-17)12-13-23-24-20;1-4-2-3/h4-11H,2-3,12-14H2,1H3;2H,1H3. The highest BCUT2D eigenvalue weighted by molar-refractivity contribution is 14.1. The topological polar surface area (TPSA) is 71.1 Å². The fraction of sp³-hybridized carbons (Fsp3) is 0.333. The van der Waals surface area contributed by atoms with E-state index < -0.39 is 0 Å². The van der Waals surface area contributed by atoms with Crippen LogP contribution >= 0.6 is 23.0 Å². The number of rotatable bonds is 10. The lowest BCUT2D eigenvalue weighted by Crippen LogP contribution is -2.03. The van der Waals surface area contributed by atoms with Crippen LogP contribution in [-0.4, -0.2) is 26.2 Å². The smallest absolute Gasteiger partial charge is 0.306 e. The van der Waals surface area contributed by atoms with Crippen LogP contribution in [0.5, 0.6) is 0 Å². The van der Waals surface area contributed by atoms with Gasteiger partial charge in [0.05, 0.1) is 13.7 Å². The number of carbonyl (C=O) groups is 2. The zero-order valence-electron chi connectivity index (χ0n) is 16.1. The summed E-state index contributed by atoms with van der Waals surface area (Å²) in [6.45, 7) is 3.20. The molecule has 28 heavy (non-hydrogen) atoms. The molecular weight excluding hydrogens is 475 g/mol. The second kappa shape index (κ2) is 15.0. The molecule has 0 radical (unpaired) electrons. The first-order valence-electron chi connectivity index (χ1n) is 8.85. The van der Waals surface area contributed by atoms with Gasteiger partial charge >= 0.3 is 5.97 Å². The Kier molecular flexibility index (Phi) is 12.9. The van der Waals surface area contributed by atoms with Crippen LogP contribution in [0.3, 0.4) is 0 Å². The normalized spacial score (nSPS) is 9.82. The van der Waals surface area contributed by atoms with Gasteiger partial charge in [-0.3, -0.25) is 9.59 Å². The number of hydrogen-bond acceptors (Lipinski definition) is 6. The van der Waals surface area contributed by atoms with Gasteiger partial charge in [-0.1, -0.05) is 55.5 Å². The van der Waals surface area contributed by atoms with Crippen LogP contribution < -0.4 is 0 Å². The van der Waals surface area contributed by atoms with E-state index in [9.17, 15) is 4.79 Å². The minimum atomic E-state index is -0.144. The average Bonchev–Trinajstić information content (AvgIpc) is 2.74. The number of methoxy groups -OCH3 is 1. The van der Waals surface area contributed by atoms with E-state index in [0.29, 0.717) is 26.1 Å². The number of esters is 1. The fourth-order valence-electron chi connectivity index (χ4n) is 2.29. The summed E-state index contributed by atoms with van der Waals surface area (Å²) >= 11 is 1.71. The van der Waals surface area contributed by atoms with Gasteiger partial charge < -0.3 is 9.47 Å². The molecule has 2 rings (SSSR count). The summed E-state index contributed by atoms with van der Waals surface area (Å²) in [5, 5.41) is 0. The SMILES string of the molecule is CCCC(=O)OCc1ccc(-c2ccc(CCOOI)cc2)cc1.COC=O. The Balaban J connectivity index is 0.000000892. The van der Waals surface area contributed by atoms with E-state index in [2.05, 4.69) is 32.2 Å². The second-order valence-electron chi connectivity index (χ2n) is 5.77.